The number of hydrogen-bond acceptors (Lipinski definition) is 4. The number of aryl methyl sites for hydroxylation is 1. The Morgan fingerprint density at radius 3 is 3.00 bits per heavy atom. The number of halogens is 1. The third-order valence-electron chi connectivity index (χ3n) is 2.30. The minimum absolute atomic E-state index is 0.199. The van der Waals surface area contributed by atoms with Gasteiger partial charge in [-0.05, 0) is 34.5 Å². The highest BCUT2D eigenvalue weighted by molar-refractivity contribution is 9.10. The average molecular weight is 325 g/mol. The third-order valence-corrected chi connectivity index (χ3v) is 4.12. The zero-order valence-electron chi connectivity index (χ0n) is 9.49. The van der Waals surface area contributed by atoms with Crippen LogP contribution in [0.2, 0.25) is 0 Å². The zero-order chi connectivity index (χ0) is 13.1. The largest absolute Gasteiger partial charge is 0.458 e. The Kier molecular flexibility index (Phi) is 3.84. The first-order valence-corrected chi connectivity index (χ1v) is 6.83. The van der Waals surface area contributed by atoms with Crippen LogP contribution in [0.25, 0.3) is 0 Å². The first kappa shape index (κ1) is 12.9. The van der Waals surface area contributed by atoms with E-state index in [1.807, 2.05) is 6.92 Å². The predicted octanol–water partition coefficient (Wildman–Crippen LogP) is 3.79. The highest BCUT2D eigenvalue weighted by Gasteiger charge is 2.17. The van der Waals surface area contributed by atoms with Crippen molar-refractivity contribution in [2.45, 2.75) is 13.3 Å². The van der Waals surface area contributed by atoms with E-state index >= 15 is 0 Å². The van der Waals surface area contributed by atoms with E-state index in [1.165, 1.54) is 17.6 Å². The first-order chi connectivity index (χ1) is 8.65. The summed E-state index contributed by atoms with van der Waals surface area (Å²) >= 11 is 4.62. The molecule has 2 aromatic heterocycles. The number of carbonyl (C=O) groups is 1. The highest BCUT2D eigenvalue weighted by Crippen LogP contribution is 2.29. The van der Waals surface area contributed by atoms with Gasteiger partial charge < -0.3 is 9.73 Å². The van der Waals surface area contributed by atoms with Gasteiger partial charge in [-0.3, -0.25) is 4.79 Å². The van der Waals surface area contributed by atoms with Gasteiger partial charge in [0, 0.05) is 4.88 Å². The van der Waals surface area contributed by atoms with Crippen LogP contribution in [0.4, 0.5) is 5.00 Å². The predicted molar refractivity (Wildman–Crippen MR) is 72.8 cm³/mol. The fraction of sp³-hybridized carbons (Fsp3) is 0.167. The van der Waals surface area contributed by atoms with Crippen molar-refractivity contribution < 1.29 is 9.21 Å². The summed E-state index contributed by atoms with van der Waals surface area (Å²) in [6, 6.07) is 5.50. The second-order valence-corrected chi connectivity index (χ2v) is 5.46. The molecule has 0 aromatic carbocycles. The zero-order valence-corrected chi connectivity index (χ0v) is 11.9. The van der Waals surface area contributed by atoms with Gasteiger partial charge in [0.25, 0.3) is 5.91 Å². The molecule has 4 nitrogen and oxygen atoms in total. The van der Waals surface area contributed by atoms with Gasteiger partial charge in [0.1, 0.15) is 11.1 Å². The standard InChI is InChI=1S/C12H9BrN2O2S/c1-2-8-5-7(6-14)12(18-8)15-11(16)10-9(13)3-4-17-10/h3-5H,2H2,1H3,(H,15,16). The lowest BCUT2D eigenvalue weighted by molar-refractivity contribution is 0.0996. The molecule has 0 saturated heterocycles. The van der Waals surface area contributed by atoms with E-state index in [2.05, 4.69) is 27.3 Å². The number of hydrogen-bond donors (Lipinski definition) is 1. The van der Waals surface area contributed by atoms with Crippen molar-refractivity contribution in [3.05, 3.63) is 39.1 Å². The second kappa shape index (κ2) is 5.38. The maximum atomic E-state index is 11.9. The molecule has 0 aliphatic heterocycles. The van der Waals surface area contributed by atoms with E-state index in [0.717, 1.165) is 11.3 Å². The number of rotatable bonds is 3. The SMILES string of the molecule is CCc1cc(C#N)c(NC(=O)c2occc2Br)s1. The molecule has 1 amide bonds. The Bertz CT molecular complexity index is 624. The lowest BCUT2D eigenvalue weighted by Gasteiger charge is -2.00. The maximum Gasteiger partial charge on any atom is 0.293 e. The quantitative estimate of drug-likeness (QED) is 0.934. The summed E-state index contributed by atoms with van der Waals surface area (Å²) in [6.07, 6.45) is 2.26. The van der Waals surface area contributed by atoms with Gasteiger partial charge in [-0.15, -0.1) is 11.3 Å². The summed E-state index contributed by atoms with van der Waals surface area (Å²) in [5.74, 6) is -0.168. The first-order valence-electron chi connectivity index (χ1n) is 5.22. The summed E-state index contributed by atoms with van der Waals surface area (Å²) in [7, 11) is 0. The molecule has 2 aromatic rings. The number of anilines is 1. The van der Waals surface area contributed by atoms with Crippen molar-refractivity contribution in [1.82, 2.24) is 0 Å². The van der Waals surface area contributed by atoms with Crippen LogP contribution >= 0.6 is 27.3 Å². The van der Waals surface area contributed by atoms with Gasteiger partial charge in [-0.2, -0.15) is 5.26 Å². The van der Waals surface area contributed by atoms with Crippen molar-refractivity contribution in [3.8, 4) is 6.07 Å². The van der Waals surface area contributed by atoms with Gasteiger partial charge in [-0.25, -0.2) is 0 Å². The van der Waals surface area contributed by atoms with Crippen molar-refractivity contribution in [3.63, 3.8) is 0 Å². The van der Waals surface area contributed by atoms with Crippen molar-refractivity contribution in [1.29, 1.82) is 5.26 Å². The van der Waals surface area contributed by atoms with Crippen LogP contribution in [0.1, 0.15) is 27.9 Å². The summed E-state index contributed by atoms with van der Waals surface area (Å²) < 4.78 is 5.66. The van der Waals surface area contributed by atoms with E-state index in [0.29, 0.717) is 15.0 Å². The molecule has 0 unspecified atom stereocenters. The lowest BCUT2D eigenvalue weighted by atomic mass is 10.3. The topological polar surface area (TPSA) is 66.0 Å². The molecule has 2 heterocycles. The number of nitrogens with one attached hydrogen (secondary N) is 1. The maximum absolute atomic E-state index is 11.9. The smallest absolute Gasteiger partial charge is 0.293 e. The third kappa shape index (κ3) is 2.47. The van der Waals surface area contributed by atoms with Gasteiger partial charge in [0.2, 0.25) is 5.76 Å². The molecule has 0 bridgehead atoms. The summed E-state index contributed by atoms with van der Waals surface area (Å²) in [5, 5.41) is 12.2. The summed E-state index contributed by atoms with van der Waals surface area (Å²) in [6.45, 7) is 2.00. The lowest BCUT2D eigenvalue weighted by Crippen LogP contribution is -2.11. The highest BCUT2D eigenvalue weighted by atomic mass is 79.9. The van der Waals surface area contributed by atoms with Crippen LogP contribution in [0.3, 0.4) is 0 Å². The van der Waals surface area contributed by atoms with Crippen LogP contribution in [-0.2, 0) is 6.42 Å². The minimum Gasteiger partial charge on any atom is -0.458 e. The van der Waals surface area contributed by atoms with E-state index < -0.39 is 0 Å². The number of carbonyl (C=O) groups excluding carboxylic acids is 1. The van der Waals surface area contributed by atoms with Crippen LogP contribution in [0.5, 0.6) is 0 Å². The molecule has 18 heavy (non-hydrogen) atoms. The van der Waals surface area contributed by atoms with Crippen LogP contribution in [0.15, 0.2) is 27.3 Å². The molecule has 0 saturated carbocycles. The van der Waals surface area contributed by atoms with E-state index in [4.69, 9.17) is 9.68 Å². The van der Waals surface area contributed by atoms with Crippen molar-refractivity contribution in [2.75, 3.05) is 5.32 Å². The molecule has 0 radical (unpaired) electrons. The molecule has 0 fully saturated rings. The molecule has 0 atom stereocenters. The normalized spacial score (nSPS) is 10.1. The number of nitriles is 1. The average Bonchev–Trinajstić information content (AvgIpc) is 2.95. The van der Waals surface area contributed by atoms with Crippen LogP contribution in [0, 0.1) is 11.3 Å². The molecule has 92 valence electrons. The van der Waals surface area contributed by atoms with Gasteiger partial charge >= 0.3 is 0 Å². The van der Waals surface area contributed by atoms with Crippen molar-refractivity contribution >= 4 is 38.2 Å². The monoisotopic (exact) mass is 324 g/mol. The van der Waals surface area contributed by atoms with Crippen LogP contribution in [-0.4, -0.2) is 5.91 Å². The molecule has 0 aliphatic rings. The Morgan fingerprint density at radius 1 is 1.67 bits per heavy atom. The number of furan rings is 1. The minimum atomic E-state index is -0.368. The van der Waals surface area contributed by atoms with E-state index in [-0.39, 0.29) is 11.7 Å². The van der Waals surface area contributed by atoms with Crippen LogP contribution < -0.4 is 5.32 Å². The molecule has 0 spiro atoms. The Labute approximate surface area is 116 Å². The van der Waals surface area contributed by atoms with Gasteiger partial charge in [-0.1, -0.05) is 6.92 Å². The van der Waals surface area contributed by atoms with E-state index in [9.17, 15) is 4.79 Å². The molecular formula is C12H9BrN2O2S. The summed E-state index contributed by atoms with van der Waals surface area (Å²) in [5.41, 5.74) is 0.480. The Morgan fingerprint density at radius 2 is 2.44 bits per heavy atom. The van der Waals surface area contributed by atoms with Gasteiger partial charge in [0.15, 0.2) is 0 Å². The summed E-state index contributed by atoms with van der Waals surface area (Å²) in [4.78, 5) is 13.0. The Hall–Kier alpha value is -1.58. The van der Waals surface area contributed by atoms with E-state index in [1.54, 1.807) is 12.1 Å². The molecule has 1 N–H and O–H groups in total. The molecular weight excluding hydrogens is 316 g/mol. The number of amides is 1. The fourth-order valence-electron chi connectivity index (χ4n) is 1.41. The number of nitrogens with zero attached hydrogens (tertiary/aromatic N) is 1. The molecule has 0 aliphatic carbocycles. The fourth-order valence-corrected chi connectivity index (χ4v) is 2.73. The second-order valence-electron chi connectivity index (χ2n) is 3.47. The van der Waals surface area contributed by atoms with Crippen molar-refractivity contribution in [2.24, 2.45) is 0 Å². The molecule has 2 rings (SSSR count). The Balaban J connectivity index is 2.25. The van der Waals surface area contributed by atoms with Gasteiger partial charge in [0.05, 0.1) is 16.3 Å². The number of thiophene rings is 1. The molecule has 6 heteroatoms.